The van der Waals surface area contributed by atoms with Crippen molar-refractivity contribution in [3.8, 4) is 11.3 Å². The van der Waals surface area contributed by atoms with Gasteiger partial charge in [-0.15, -0.1) is 0 Å². The number of likely N-dealkylation sites (tertiary alicyclic amines) is 1. The van der Waals surface area contributed by atoms with Crippen molar-refractivity contribution < 1.29 is 4.79 Å². The second kappa shape index (κ2) is 6.27. The van der Waals surface area contributed by atoms with E-state index in [9.17, 15) is 4.79 Å². The van der Waals surface area contributed by atoms with E-state index in [1.165, 1.54) is 18.4 Å². The second-order valence-electron chi connectivity index (χ2n) is 6.04. The fourth-order valence-corrected chi connectivity index (χ4v) is 2.85. The fourth-order valence-electron chi connectivity index (χ4n) is 2.85. The number of hydrogen-bond acceptors (Lipinski definition) is 4. The lowest BCUT2D eigenvalue weighted by molar-refractivity contribution is 0.0996. The average Bonchev–Trinajstić information content (AvgIpc) is 3.00. The highest BCUT2D eigenvalue weighted by atomic mass is 16.1. The normalized spacial score (nSPS) is 16.8. The first-order valence-corrected chi connectivity index (χ1v) is 7.65. The first kappa shape index (κ1) is 14.7. The zero-order valence-corrected chi connectivity index (χ0v) is 12.7. The molecule has 3 N–H and O–H groups in total. The third-order valence-electron chi connectivity index (χ3n) is 4.29. The van der Waals surface area contributed by atoms with Gasteiger partial charge in [0.2, 0.25) is 0 Å². The Morgan fingerprint density at radius 1 is 1.27 bits per heavy atom. The lowest BCUT2D eigenvalue weighted by Crippen LogP contribution is -2.32. The summed E-state index contributed by atoms with van der Waals surface area (Å²) in [6.45, 7) is 5.62. The van der Waals surface area contributed by atoms with Crippen molar-refractivity contribution in [2.75, 3.05) is 13.1 Å². The third-order valence-corrected chi connectivity index (χ3v) is 4.29. The molecule has 1 aromatic carbocycles. The predicted molar refractivity (Wildman–Crippen MR) is 84.0 cm³/mol. The molecule has 2 heterocycles. The van der Waals surface area contributed by atoms with E-state index < -0.39 is 5.91 Å². The van der Waals surface area contributed by atoms with Crippen molar-refractivity contribution in [3.63, 3.8) is 0 Å². The average molecular weight is 299 g/mol. The lowest BCUT2D eigenvalue weighted by atomic mass is 9.98. The van der Waals surface area contributed by atoms with Crippen LogP contribution in [0.15, 0.2) is 24.3 Å². The third kappa shape index (κ3) is 3.17. The van der Waals surface area contributed by atoms with Crippen molar-refractivity contribution in [2.45, 2.75) is 26.3 Å². The summed E-state index contributed by atoms with van der Waals surface area (Å²) >= 11 is 0. The Morgan fingerprint density at radius 2 is 1.95 bits per heavy atom. The van der Waals surface area contributed by atoms with Crippen molar-refractivity contribution in [1.29, 1.82) is 0 Å². The van der Waals surface area contributed by atoms with Gasteiger partial charge in [-0.05, 0) is 37.4 Å². The molecule has 0 bridgehead atoms. The van der Waals surface area contributed by atoms with Crippen LogP contribution in [-0.2, 0) is 6.54 Å². The summed E-state index contributed by atoms with van der Waals surface area (Å²) in [4.78, 5) is 13.8. The molecule has 22 heavy (non-hydrogen) atoms. The Hall–Kier alpha value is -2.21. The molecule has 0 aliphatic carbocycles. The molecular weight excluding hydrogens is 278 g/mol. The second-order valence-corrected chi connectivity index (χ2v) is 6.04. The Labute approximate surface area is 129 Å². The van der Waals surface area contributed by atoms with E-state index >= 15 is 0 Å². The Bertz CT molecular complexity index is 641. The number of nitrogens with two attached hydrogens (primary N) is 1. The van der Waals surface area contributed by atoms with Crippen LogP contribution in [0.5, 0.6) is 0 Å². The first-order valence-electron chi connectivity index (χ1n) is 7.65. The number of carbonyl (C=O) groups excluding carboxylic acids is 1. The van der Waals surface area contributed by atoms with Crippen LogP contribution >= 0.6 is 0 Å². The van der Waals surface area contributed by atoms with Crippen LogP contribution in [0.1, 0.15) is 35.8 Å². The molecule has 0 saturated carbocycles. The van der Waals surface area contributed by atoms with Gasteiger partial charge in [-0.1, -0.05) is 31.2 Å². The molecule has 0 spiro atoms. The summed E-state index contributed by atoms with van der Waals surface area (Å²) in [5.41, 5.74) is 8.09. The van der Waals surface area contributed by atoms with Crippen molar-refractivity contribution in [3.05, 3.63) is 35.5 Å². The molecular formula is C16H21N5O. The number of nitrogens with one attached hydrogen (secondary N) is 1. The monoisotopic (exact) mass is 299 g/mol. The largest absolute Gasteiger partial charge is 0.364 e. The van der Waals surface area contributed by atoms with Gasteiger partial charge < -0.3 is 5.73 Å². The number of rotatable bonds is 4. The summed E-state index contributed by atoms with van der Waals surface area (Å²) in [7, 11) is 0. The van der Waals surface area contributed by atoms with Crippen molar-refractivity contribution in [1.82, 2.24) is 20.3 Å². The molecule has 1 aliphatic rings. The van der Waals surface area contributed by atoms with E-state index in [1.54, 1.807) is 0 Å². The molecule has 0 radical (unpaired) electrons. The molecule has 6 heteroatoms. The zero-order chi connectivity index (χ0) is 15.5. The number of nitrogens with zero attached hydrogens (tertiary/aromatic N) is 3. The SMILES string of the molecule is CC1CCN(Cc2ccc(-c3n[nH]nc3C(N)=O)cc2)CC1. The summed E-state index contributed by atoms with van der Waals surface area (Å²) in [6, 6.07) is 8.08. The Balaban J connectivity index is 1.70. The van der Waals surface area contributed by atoms with E-state index in [0.29, 0.717) is 5.69 Å². The van der Waals surface area contributed by atoms with E-state index in [4.69, 9.17) is 5.73 Å². The van der Waals surface area contributed by atoms with Gasteiger partial charge in [-0.25, -0.2) is 0 Å². The molecule has 1 amide bonds. The van der Waals surface area contributed by atoms with Crippen LogP contribution in [0, 0.1) is 5.92 Å². The van der Waals surface area contributed by atoms with E-state index in [-0.39, 0.29) is 5.69 Å². The molecule has 1 saturated heterocycles. The van der Waals surface area contributed by atoms with Gasteiger partial charge in [0.15, 0.2) is 5.69 Å². The molecule has 2 aromatic rings. The highest BCUT2D eigenvalue weighted by molar-refractivity contribution is 5.96. The van der Waals surface area contributed by atoms with Crippen LogP contribution in [0.3, 0.4) is 0 Å². The van der Waals surface area contributed by atoms with Gasteiger partial charge in [-0.2, -0.15) is 15.4 Å². The molecule has 3 rings (SSSR count). The summed E-state index contributed by atoms with van der Waals surface area (Å²) < 4.78 is 0. The molecule has 0 atom stereocenters. The summed E-state index contributed by atoms with van der Waals surface area (Å²) in [5.74, 6) is 0.272. The van der Waals surface area contributed by atoms with Crippen molar-refractivity contribution >= 4 is 5.91 Å². The predicted octanol–water partition coefficient (Wildman–Crippen LogP) is 1.80. The first-order chi connectivity index (χ1) is 10.6. The van der Waals surface area contributed by atoms with Gasteiger partial charge >= 0.3 is 0 Å². The number of piperidine rings is 1. The summed E-state index contributed by atoms with van der Waals surface area (Å²) in [5, 5.41) is 10.3. The molecule has 6 nitrogen and oxygen atoms in total. The topological polar surface area (TPSA) is 87.9 Å². The standard InChI is InChI=1S/C16H21N5O/c1-11-6-8-21(9-7-11)10-12-2-4-13(5-3-12)14-15(16(17)22)19-20-18-14/h2-5,11H,6-10H2,1H3,(H2,17,22)(H,18,19,20). The minimum absolute atomic E-state index is 0.178. The minimum Gasteiger partial charge on any atom is -0.364 e. The van der Waals surface area contributed by atoms with Crippen LogP contribution in [0.25, 0.3) is 11.3 Å². The number of carbonyl (C=O) groups is 1. The van der Waals surface area contributed by atoms with Gasteiger partial charge in [-0.3, -0.25) is 9.69 Å². The Morgan fingerprint density at radius 3 is 2.59 bits per heavy atom. The molecule has 1 fully saturated rings. The molecule has 1 aromatic heterocycles. The van der Waals surface area contributed by atoms with Gasteiger partial charge in [0, 0.05) is 12.1 Å². The van der Waals surface area contributed by atoms with Crippen LogP contribution < -0.4 is 5.73 Å². The Kier molecular flexibility index (Phi) is 4.20. The van der Waals surface area contributed by atoms with E-state index in [1.807, 2.05) is 12.1 Å². The zero-order valence-electron chi connectivity index (χ0n) is 12.7. The number of amides is 1. The maximum atomic E-state index is 11.3. The van der Waals surface area contributed by atoms with E-state index in [2.05, 4.69) is 39.4 Å². The molecule has 116 valence electrons. The van der Waals surface area contributed by atoms with Gasteiger partial charge in [0.05, 0.1) is 0 Å². The van der Waals surface area contributed by atoms with Crippen molar-refractivity contribution in [2.24, 2.45) is 11.7 Å². The lowest BCUT2D eigenvalue weighted by Gasteiger charge is -2.30. The fraction of sp³-hybridized carbons (Fsp3) is 0.438. The molecule has 1 aliphatic heterocycles. The maximum Gasteiger partial charge on any atom is 0.271 e. The minimum atomic E-state index is -0.574. The van der Waals surface area contributed by atoms with Gasteiger partial charge in [0.25, 0.3) is 5.91 Å². The number of aromatic amines is 1. The number of benzene rings is 1. The van der Waals surface area contributed by atoms with Crippen LogP contribution in [0.2, 0.25) is 0 Å². The molecule has 0 unspecified atom stereocenters. The van der Waals surface area contributed by atoms with Crippen LogP contribution in [-0.4, -0.2) is 39.3 Å². The number of aromatic nitrogens is 3. The van der Waals surface area contributed by atoms with Gasteiger partial charge in [0.1, 0.15) is 5.69 Å². The highest BCUT2D eigenvalue weighted by Crippen LogP contribution is 2.22. The number of H-pyrrole nitrogens is 1. The van der Waals surface area contributed by atoms with Crippen LogP contribution in [0.4, 0.5) is 0 Å². The summed E-state index contributed by atoms with van der Waals surface area (Å²) in [6.07, 6.45) is 2.55. The maximum absolute atomic E-state index is 11.3. The number of hydrogen-bond donors (Lipinski definition) is 2. The smallest absolute Gasteiger partial charge is 0.271 e. The highest BCUT2D eigenvalue weighted by Gasteiger charge is 2.17. The quantitative estimate of drug-likeness (QED) is 0.901. The van der Waals surface area contributed by atoms with E-state index in [0.717, 1.165) is 31.1 Å². The number of primary amides is 1.